The first-order valence-corrected chi connectivity index (χ1v) is 16.2. The van der Waals surface area contributed by atoms with Crippen LogP contribution in [0, 0.1) is 17.8 Å². The van der Waals surface area contributed by atoms with Gasteiger partial charge in [0.25, 0.3) is 5.91 Å². The quantitative estimate of drug-likeness (QED) is 0.310. The standard InChI is InChI=1S/C36H43BrN2O5/c1-8-13-39-25-16-35(3,4)18-27(40)32(25)31(33-26(39)17-36(5,6)19-28(33)41)22-14-23(37)34(29(15-22)43-7)44-20-30(42)38-24-12-10-9-11-21(24)2/h9-12,14-15,31H,8,13,16-20H2,1-7H3,(H,38,42). The van der Waals surface area contributed by atoms with Gasteiger partial charge in [-0.2, -0.15) is 0 Å². The van der Waals surface area contributed by atoms with Crippen LogP contribution in [0.5, 0.6) is 11.5 Å². The van der Waals surface area contributed by atoms with E-state index in [0.29, 0.717) is 28.8 Å². The molecule has 0 spiro atoms. The highest BCUT2D eigenvalue weighted by Gasteiger charge is 2.49. The van der Waals surface area contributed by atoms with E-state index in [1.54, 1.807) is 7.11 Å². The number of carbonyl (C=O) groups excluding carboxylic acids is 3. The van der Waals surface area contributed by atoms with E-state index in [9.17, 15) is 14.4 Å². The number of hydrogen-bond donors (Lipinski definition) is 1. The van der Waals surface area contributed by atoms with Gasteiger partial charge in [-0.1, -0.05) is 52.8 Å². The minimum atomic E-state index is -0.496. The van der Waals surface area contributed by atoms with E-state index >= 15 is 0 Å². The van der Waals surface area contributed by atoms with Crippen LogP contribution in [-0.2, 0) is 14.4 Å². The lowest BCUT2D eigenvalue weighted by Gasteiger charge is -2.49. The maximum absolute atomic E-state index is 14.0. The lowest BCUT2D eigenvalue weighted by Crippen LogP contribution is -2.44. The zero-order valence-electron chi connectivity index (χ0n) is 26.9. The molecule has 0 atom stereocenters. The van der Waals surface area contributed by atoms with E-state index in [1.807, 2.05) is 43.3 Å². The van der Waals surface area contributed by atoms with Gasteiger partial charge in [-0.3, -0.25) is 14.4 Å². The molecule has 1 amide bonds. The second-order valence-corrected chi connectivity index (χ2v) is 14.7. The number of rotatable bonds is 8. The van der Waals surface area contributed by atoms with Crippen LogP contribution < -0.4 is 14.8 Å². The van der Waals surface area contributed by atoms with E-state index in [1.165, 1.54) is 0 Å². The maximum Gasteiger partial charge on any atom is 0.262 e. The molecule has 0 bridgehead atoms. The summed E-state index contributed by atoms with van der Waals surface area (Å²) in [7, 11) is 1.55. The van der Waals surface area contributed by atoms with Gasteiger partial charge in [-0.05, 0) is 82.3 Å². The average molecular weight is 664 g/mol. The number of anilines is 1. The van der Waals surface area contributed by atoms with E-state index in [-0.39, 0.29) is 34.9 Å². The molecule has 234 valence electrons. The summed E-state index contributed by atoms with van der Waals surface area (Å²) in [6.07, 6.45) is 3.31. The van der Waals surface area contributed by atoms with E-state index in [2.05, 4.69) is 60.8 Å². The number of para-hydroxylation sites is 1. The number of nitrogens with one attached hydrogen (secondary N) is 1. The molecule has 44 heavy (non-hydrogen) atoms. The second kappa shape index (κ2) is 12.2. The van der Waals surface area contributed by atoms with Gasteiger partial charge in [0.2, 0.25) is 0 Å². The Bertz CT molecular complexity index is 1530. The van der Waals surface area contributed by atoms with Crippen LogP contribution in [-0.4, -0.2) is 42.6 Å². The highest BCUT2D eigenvalue weighted by atomic mass is 79.9. The van der Waals surface area contributed by atoms with Crippen molar-refractivity contribution in [2.45, 2.75) is 79.6 Å². The zero-order chi connectivity index (χ0) is 32.0. The van der Waals surface area contributed by atoms with Gasteiger partial charge >= 0.3 is 0 Å². The molecule has 0 radical (unpaired) electrons. The molecule has 0 unspecified atom stereocenters. The summed E-state index contributed by atoms with van der Waals surface area (Å²) in [5.74, 6) is 0.199. The van der Waals surface area contributed by atoms with Crippen molar-refractivity contribution < 1.29 is 23.9 Å². The molecular weight excluding hydrogens is 620 g/mol. The number of nitrogens with zero attached hydrogens (tertiary/aromatic N) is 1. The first kappa shape index (κ1) is 32.0. The first-order chi connectivity index (χ1) is 20.7. The number of benzene rings is 2. The summed E-state index contributed by atoms with van der Waals surface area (Å²) >= 11 is 3.66. The number of carbonyl (C=O) groups is 3. The minimum absolute atomic E-state index is 0.0924. The third kappa shape index (κ3) is 6.23. The Morgan fingerprint density at radius 3 is 2.11 bits per heavy atom. The van der Waals surface area contributed by atoms with Gasteiger partial charge in [0.05, 0.1) is 11.6 Å². The number of hydrogen-bond acceptors (Lipinski definition) is 6. The molecule has 2 aromatic carbocycles. The van der Waals surface area contributed by atoms with Crippen molar-refractivity contribution in [2.24, 2.45) is 10.8 Å². The summed E-state index contributed by atoms with van der Waals surface area (Å²) in [5, 5.41) is 2.89. The number of methoxy groups -OCH3 is 1. The molecule has 0 fully saturated rings. The van der Waals surface area contributed by atoms with E-state index in [0.717, 1.165) is 65.2 Å². The van der Waals surface area contributed by atoms with Crippen molar-refractivity contribution in [3.63, 3.8) is 0 Å². The van der Waals surface area contributed by atoms with Crippen LogP contribution in [0.3, 0.4) is 0 Å². The van der Waals surface area contributed by atoms with Crippen LogP contribution >= 0.6 is 15.9 Å². The lowest BCUT2D eigenvalue weighted by molar-refractivity contribution is -0.120. The van der Waals surface area contributed by atoms with Gasteiger partial charge in [0.15, 0.2) is 29.7 Å². The third-order valence-corrected chi connectivity index (χ3v) is 9.41. The average Bonchev–Trinajstić information content (AvgIpc) is 2.92. The van der Waals surface area contributed by atoms with Gasteiger partial charge < -0.3 is 19.7 Å². The monoisotopic (exact) mass is 662 g/mol. The predicted octanol–water partition coefficient (Wildman–Crippen LogP) is 7.88. The fourth-order valence-corrected chi connectivity index (χ4v) is 7.53. The summed E-state index contributed by atoms with van der Waals surface area (Å²) < 4.78 is 12.4. The number of Topliss-reactive ketones (excluding diaryl/α,β-unsaturated/α-hetero) is 2. The maximum atomic E-state index is 14.0. The van der Waals surface area contributed by atoms with Crippen LogP contribution in [0.2, 0.25) is 0 Å². The number of aryl methyl sites for hydroxylation is 1. The Morgan fingerprint density at radius 2 is 1.57 bits per heavy atom. The molecule has 0 saturated heterocycles. The molecule has 3 aliphatic rings. The van der Waals surface area contributed by atoms with Crippen molar-refractivity contribution >= 4 is 39.1 Å². The van der Waals surface area contributed by atoms with Gasteiger partial charge in [-0.25, -0.2) is 0 Å². The van der Waals surface area contributed by atoms with Crippen LogP contribution in [0.1, 0.15) is 83.8 Å². The van der Waals surface area contributed by atoms with Crippen molar-refractivity contribution in [3.8, 4) is 11.5 Å². The third-order valence-electron chi connectivity index (χ3n) is 8.82. The fourth-order valence-electron chi connectivity index (χ4n) is 6.96. The molecule has 1 heterocycles. The molecule has 2 aliphatic carbocycles. The van der Waals surface area contributed by atoms with E-state index < -0.39 is 5.92 Å². The lowest BCUT2D eigenvalue weighted by atomic mass is 9.63. The Hall–Kier alpha value is -3.39. The number of ether oxygens (including phenoxy) is 2. The summed E-state index contributed by atoms with van der Waals surface area (Å²) in [4.78, 5) is 43.1. The number of allylic oxidation sites excluding steroid dienone is 4. The number of ketones is 2. The molecule has 2 aromatic rings. The minimum Gasteiger partial charge on any atom is -0.493 e. The summed E-state index contributed by atoms with van der Waals surface area (Å²) in [6.45, 7) is 13.2. The first-order valence-electron chi connectivity index (χ1n) is 15.4. The largest absolute Gasteiger partial charge is 0.493 e. The Balaban J connectivity index is 1.57. The smallest absolute Gasteiger partial charge is 0.262 e. The fraction of sp³-hybridized carbons (Fsp3) is 0.472. The summed E-state index contributed by atoms with van der Waals surface area (Å²) in [5.41, 5.74) is 5.68. The molecule has 7 nitrogen and oxygen atoms in total. The van der Waals surface area contributed by atoms with Crippen molar-refractivity contribution in [1.29, 1.82) is 0 Å². The molecular formula is C36H43BrN2O5. The zero-order valence-corrected chi connectivity index (χ0v) is 28.4. The highest BCUT2D eigenvalue weighted by Crippen LogP contribution is 2.55. The van der Waals surface area contributed by atoms with Crippen molar-refractivity contribution in [3.05, 3.63) is 74.5 Å². The van der Waals surface area contributed by atoms with Gasteiger partial charge in [0, 0.05) is 53.5 Å². The van der Waals surface area contributed by atoms with Crippen molar-refractivity contribution in [1.82, 2.24) is 4.90 Å². The Labute approximate surface area is 269 Å². The van der Waals surface area contributed by atoms with Crippen LogP contribution in [0.4, 0.5) is 5.69 Å². The Kier molecular flexibility index (Phi) is 8.87. The molecule has 1 aliphatic heterocycles. The van der Waals surface area contributed by atoms with Gasteiger partial charge in [-0.15, -0.1) is 0 Å². The van der Waals surface area contributed by atoms with Crippen molar-refractivity contribution in [2.75, 3.05) is 25.6 Å². The van der Waals surface area contributed by atoms with Crippen LogP contribution in [0.15, 0.2) is 63.4 Å². The molecule has 0 aromatic heterocycles. The SMILES string of the molecule is CCCN1C2=C(C(=O)CC(C)(C)C2)C(c2cc(Br)c(OCC(=O)Nc3ccccc3C)c(OC)c2)C2=C1CC(C)(C)CC2=O. The second-order valence-electron chi connectivity index (χ2n) is 13.9. The topological polar surface area (TPSA) is 84.9 Å². The highest BCUT2D eigenvalue weighted by molar-refractivity contribution is 9.10. The van der Waals surface area contributed by atoms with E-state index in [4.69, 9.17) is 9.47 Å². The van der Waals surface area contributed by atoms with Crippen LogP contribution in [0.25, 0.3) is 0 Å². The molecule has 0 saturated carbocycles. The molecule has 5 rings (SSSR count). The summed E-state index contributed by atoms with van der Waals surface area (Å²) in [6, 6.07) is 11.3. The number of halogens is 1. The normalized spacial score (nSPS) is 19.5. The Morgan fingerprint density at radius 1 is 0.977 bits per heavy atom. The predicted molar refractivity (Wildman–Crippen MR) is 176 cm³/mol. The number of amides is 1. The van der Waals surface area contributed by atoms with Gasteiger partial charge in [0.1, 0.15) is 0 Å². The molecule has 8 heteroatoms. The molecule has 1 N–H and O–H groups in total.